The van der Waals surface area contributed by atoms with Gasteiger partial charge < -0.3 is 15.1 Å². The zero-order chi connectivity index (χ0) is 14.2. The second-order valence-corrected chi connectivity index (χ2v) is 5.53. The lowest BCUT2D eigenvalue weighted by Crippen LogP contribution is -2.46. The number of nitrogens with zero attached hydrogens (tertiary/aromatic N) is 3. The summed E-state index contributed by atoms with van der Waals surface area (Å²) < 4.78 is 0. The van der Waals surface area contributed by atoms with Crippen molar-refractivity contribution >= 4 is 0 Å². The van der Waals surface area contributed by atoms with E-state index in [-0.39, 0.29) is 0 Å². The largest absolute Gasteiger partial charge is 0.309 e. The maximum Gasteiger partial charge on any atom is 0.105 e. The number of nitrogens with one attached hydrogen (secondary N) is 1. The molecule has 18 heavy (non-hydrogen) atoms. The molecule has 0 aromatic rings. The molecule has 0 rings (SSSR count). The molecule has 0 heterocycles. The van der Waals surface area contributed by atoms with E-state index in [0.717, 1.165) is 26.1 Å². The lowest BCUT2D eigenvalue weighted by Gasteiger charge is -2.33. The Labute approximate surface area is 113 Å². The van der Waals surface area contributed by atoms with Crippen LogP contribution in [0.4, 0.5) is 0 Å². The Morgan fingerprint density at radius 2 is 1.94 bits per heavy atom. The summed E-state index contributed by atoms with van der Waals surface area (Å²) in [5, 5.41) is 12.3. The van der Waals surface area contributed by atoms with E-state index in [1.165, 1.54) is 6.42 Å². The van der Waals surface area contributed by atoms with Crippen LogP contribution in [0.1, 0.15) is 33.6 Å². The van der Waals surface area contributed by atoms with Gasteiger partial charge in [-0.3, -0.25) is 0 Å². The van der Waals surface area contributed by atoms with Gasteiger partial charge in [0, 0.05) is 6.04 Å². The van der Waals surface area contributed by atoms with Gasteiger partial charge in [-0.05, 0) is 67.5 Å². The van der Waals surface area contributed by atoms with E-state index < -0.39 is 5.54 Å². The van der Waals surface area contributed by atoms with Gasteiger partial charge in [0.15, 0.2) is 0 Å². The molecule has 2 atom stereocenters. The molecule has 0 saturated carbocycles. The lowest BCUT2D eigenvalue weighted by molar-refractivity contribution is 0.179. The van der Waals surface area contributed by atoms with E-state index in [4.69, 9.17) is 0 Å². The lowest BCUT2D eigenvalue weighted by atomic mass is 9.94. The minimum Gasteiger partial charge on any atom is -0.309 e. The van der Waals surface area contributed by atoms with Crippen LogP contribution in [0.5, 0.6) is 0 Å². The smallest absolute Gasteiger partial charge is 0.105 e. The van der Waals surface area contributed by atoms with Crippen molar-refractivity contribution in [3.8, 4) is 6.07 Å². The molecule has 4 heteroatoms. The molecule has 0 aliphatic heterocycles. The summed E-state index contributed by atoms with van der Waals surface area (Å²) in [5.41, 5.74) is -0.422. The highest BCUT2D eigenvalue weighted by molar-refractivity contribution is 5.04. The molecular weight excluding hydrogens is 224 g/mol. The van der Waals surface area contributed by atoms with E-state index in [9.17, 15) is 5.26 Å². The van der Waals surface area contributed by atoms with Crippen molar-refractivity contribution in [2.75, 3.05) is 40.8 Å². The molecule has 0 aromatic carbocycles. The van der Waals surface area contributed by atoms with E-state index in [1.807, 2.05) is 14.0 Å². The monoisotopic (exact) mass is 254 g/mol. The van der Waals surface area contributed by atoms with Crippen LogP contribution >= 0.6 is 0 Å². The Balaban J connectivity index is 4.26. The molecule has 0 spiro atoms. The molecule has 0 radical (unpaired) electrons. The van der Waals surface area contributed by atoms with Gasteiger partial charge in [-0.15, -0.1) is 0 Å². The van der Waals surface area contributed by atoms with E-state index in [1.54, 1.807) is 0 Å². The molecule has 0 fully saturated rings. The normalized spacial score (nSPS) is 16.6. The highest BCUT2D eigenvalue weighted by Gasteiger charge is 2.26. The molecular formula is C14H30N4. The maximum atomic E-state index is 9.20. The van der Waals surface area contributed by atoms with Gasteiger partial charge >= 0.3 is 0 Å². The van der Waals surface area contributed by atoms with Crippen molar-refractivity contribution in [2.45, 2.75) is 45.2 Å². The van der Waals surface area contributed by atoms with Crippen LogP contribution < -0.4 is 5.32 Å². The summed E-state index contributed by atoms with van der Waals surface area (Å²) in [6.45, 7) is 9.63. The van der Waals surface area contributed by atoms with E-state index in [2.05, 4.69) is 49.1 Å². The minimum atomic E-state index is -0.422. The molecule has 0 amide bonds. The highest BCUT2D eigenvalue weighted by atomic mass is 15.2. The fourth-order valence-electron chi connectivity index (χ4n) is 2.20. The van der Waals surface area contributed by atoms with Crippen LogP contribution in [0.3, 0.4) is 0 Å². The standard InChI is InChI=1S/C14H30N4/c1-7-18(10-8-9-17(5)6)13(2)11-14(3,12-15)16-4/h13,16H,7-11H2,1-6H3. The van der Waals surface area contributed by atoms with Gasteiger partial charge in [0.25, 0.3) is 0 Å². The molecule has 0 bridgehead atoms. The van der Waals surface area contributed by atoms with Crippen LogP contribution in [-0.4, -0.2) is 62.2 Å². The van der Waals surface area contributed by atoms with Crippen LogP contribution in [0.2, 0.25) is 0 Å². The first-order valence-corrected chi connectivity index (χ1v) is 6.87. The third-order valence-corrected chi connectivity index (χ3v) is 3.58. The van der Waals surface area contributed by atoms with Crippen LogP contribution in [-0.2, 0) is 0 Å². The zero-order valence-corrected chi connectivity index (χ0v) is 13.0. The molecule has 0 aliphatic carbocycles. The number of nitriles is 1. The van der Waals surface area contributed by atoms with Crippen LogP contribution in [0.25, 0.3) is 0 Å². The Kier molecular flexibility index (Phi) is 8.17. The Bertz CT molecular complexity index is 259. The van der Waals surface area contributed by atoms with Gasteiger partial charge in [-0.25, -0.2) is 0 Å². The molecule has 0 aromatic heterocycles. The fourth-order valence-corrected chi connectivity index (χ4v) is 2.20. The zero-order valence-electron chi connectivity index (χ0n) is 13.0. The summed E-state index contributed by atoms with van der Waals surface area (Å²) >= 11 is 0. The second-order valence-electron chi connectivity index (χ2n) is 5.53. The number of hydrogen-bond donors (Lipinski definition) is 1. The Morgan fingerprint density at radius 1 is 1.33 bits per heavy atom. The van der Waals surface area contributed by atoms with Crippen LogP contribution in [0.15, 0.2) is 0 Å². The predicted octanol–water partition coefficient (Wildman–Crippen LogP) is 1.54. The van der Waals surface area contributed by atoms with Crippen molar-refractivity contribution in [2.24, 2.45) is 0 Å². The Hall–Kier alpha value is -0.630. The summed E-state index contributed by atoms with van der Waals surface area (Å²) in [4.78, 5) is 4.67. The average Bonchev–Trinajstić information content (AvgIpc) is 2.33. The van der Waals surface area contributed by atoms with Gasteiger partial charge in [0.05, 0.1) is 6.07 Å². The van der Waals surface area contributed by atoms with E-state index >= 15 is 0 Å². The van der Waals surface area contributed by atoms with Crippen molar-refractivity contribution in [3.63, 3.8) is 0 Å². The topological polar surface area (TPSA) is 42.3 Å². The number of hydrogen-bond acceptors (Lipinski definition) is 4. The molecule has 2 unspecified atom stereocenters. The van der Waals surface area contributed by atoms with Gasteiger partial charge in [0.1, 0.15) is 5.54 Å². The minimum absolute atomic E-state index is 0.422. The first-order valence-electron chi connectivity index (χ1n) is 6.87. The van der Waals surface area contributed by atoms with Gasteiger partial charge in [-0.2, -0.15) is 5.26 Å². The average molecular weight is 254 g/mol. The first-order chi connectivity index (χ1) is 8.38. The quantitative estimate of drug-likeness (QED) is 0.678. The van der Waals surface area contributed by atoms with Crippen molar-refractivity contribution in [1.82, 2.24) is 15.1 Å². The molecule has 1 N–H and O–H groups in total. The van der Waals surface area contributed by atoms with Crippen LogP contribution in [0, 0.1) is 11.3 Å². The second kappa shape index (κ2) is 8.47. The maximum absolute atomic E-state index is 9.20. The molecule has 0 aliphatic rings. The summed E-state index contributed by atoms with van der Waals surface area (Å²) in [7, 11) is 6.07. The number of rotatable bonds is 9. The summed E-state index contributed by atoms with van der Waals surface area (Å²) in [6.07, 6.45) is 2.03. The highest BCUT2D eigenvalue weighted by Crippen LogP contribution is 2.15. The van der Waals surface area contributed by atoms with Gasteiger partial charge in [0.2, 0.25) is 0 Å². The van der Waals surface area contributed by atoms with E-state index in [0.29, 0.717) is 6.04 Å². The molecule has 0 saturated heterocycles. The molecule has 106 valence electrons. The van der Waals surface area contributed by atoms with Crippen molar-refractivity contribution in [1.29, 1.82) is 5.26 Å². The summed E-state index contributed by atoms with van der Waals surface area (Å²) in [5.74, 6) is 0. The third kappa shape index (κ3) is 6.34. The Morgan fingerprint density at radius 3 is 2.33 bits per heavy atom. The SMILES string of the molecule is CCN(CCCN(C)C)C(C)CC(C)(C#N)NC. The fraction of sp³-hybridized carbons (Fsp3) is 0.929. The summed E-state index contributed by atoms with van der Waals surface area (Å²) in [6, 6.07) is 2.79. The van der Waals surface area contributed by atoms with Gasteiger partial charge in [-0.1, -0.05) is 6.92 Å². The third-order valence-electron chi connectivity index (χ3n) is 3.58. The van der Waals surface area contributed by atoms with Crippen molar-refractivity contribution in [3.05, 3.63) is 0 Å². The van der Waals surface area contributed by atoms with Crippen molar-refractivity contribution < 1.29 is 0 Å². The first kappa shape index (κ1) is 17.4. The molecule has 4 nitrogen and oxygen atoms in total. The predicted molar refractivity (Wildman–Crippen MR) is 77.6 cm³/mol.